The van der Waals surface area contributed by atoms with Crippen molar-refractivity contribution in [2.24, 2.45) is 11.3 Å². The minimum atomic E-state index is 0.141. The molecule has 0 spiro atoms. The topological polar surface area (TPSA) is 21.3 Å². The Bertz CT molecular complexity index is 484. The summed E-state index contributed by atoms with van der Waals surface area (Å²) in [5, 5.41) is 4.33. The van der Waals surface area contributed by atoms with Crippen LogP contribution in [-0.4, -0.2) is 12.1 Å². The summed E-state index contributed by atoms with van der Waals surface area (Å²) < 4.78 is 5.68. The van der Waals surface area contributed by atoms with E-state index in [-0.39, 0.29) is 6.10 Å². The van der Waals surface area contributed by atoms with Gasteiger partial charge in [-0.3, -0.25) is 0 Å². The molecule has 0 bridgehead atoms. The molecule has 2 atom stereocenters. The van der Waals surface area contributed by atoms with Gasteiger partial charge >= 0.3 is 0 Å². The van der Waals surface area contributed by atoms with Crippen LogP contribution in [-0.2, 0) is 0 Å². The first-order valence-corrected chi connectivity index (χ1v) is 8.37. The van der Waals surface area contributed by atoms with Gasteiger partial charge in [0.2, 0.25) is 0 Å². The Hall–Kier alpha value is -0.890. The first-order chi connectivity index (χ1) is 9.77. The summed E-state index contributed by atoms with van der Waals surface area (Å²) in [6, 6.07) is 6.54. The van der Waals surface area contributed by atoms with Crippen LogP contribution in [0.5, 0.6) is 5.75 Å². The maximum Gasteiger partial charge on any atom is 0.138 e. The van der Waals surface area contributed by atoms with Gasteiger partial charge in [-0.15, -0.1) is 0 Å². The van der Waals surface area contributed by atoms with Gasteiger partial charge < -0.3 is 10.1 Å². The Balaban J connectivity index is 2.02. The Kier molecular flexibility index (Phi) is 5.08. The van der Waals surface area contributed by atoms with Crippen molar-refractivity contribution in [2.75, 3.05) is 5.32 Å². The van der Waals surface area contributed by atoms with Gasteiger partial charge in [-0.25, -0.2) is 0 Å². The lowest BCUT2D eigenvalue weighted by Crippen LogP contribution is -2.36. The fourth-order valence-electron chi connectivity index (χ4n) is 3.32. The van der Waals surface area contributed by atoms with Gasteiger partial charge in [-0.05, 0) is 62.6 Å². The summed E-state index contributed by atoms with van der Waals surface area (Å²) in [7, 11) is 0. The average molecular weight is 310 g/mol. The fraction of sp³-hybridized carbons (Fsp3) is 0.667. The van der Waals surface area contributed by atoms with Crippen LogP contribution in [0.25, 0.3) is 0 Å². The first kappa shape index (κ1) is 16.5. The third kappa shape index (κ3) is 4.54. The van der Waals surface area contributed by atoms with Gasteiger partial charge in [-0.2, -0.15) is 0 Å². The Morgan fingerprint density at radius 3 is 2.62 bits per heavy atom. The Morgan fingerprint density at radius 2 is 2.05 bits per heavy atom. The Morgan fingerprint density at radius 1 is 1.33 bits per heavy atom. The molecular formula is C18H28ClNO. The van der Waals surface area contributed by atoms with E-state index in [9.17, 15) is 0 Å². The van der Waals surface area contributed by atoms with Crippen LogP contribution >= 0.6 is 11.6 Å². The van der Waals surface area contributed by atoms with Gasteiger partial charge in [0, 0.05) is 11.7 Å². The monoisotopic (exact) mass is 309 g/mol. The van der Waals surface area contributed by atoms with Crippen LogP contribution in [0.2, 0.25) is 5.02 Å². The van der Waals surface area contributed by atoms with Gasteiger partial charge in [0.15, 0.2) is 0 Å². The molecule has 2 rings (SSSR count). The number of halogens is 1. The van der Waals surface area contributed by atoms with Crippen molar-refractivity contribution in [3.63, 3.8) is 0 Å². The third-order valence-corrected chi connectivity index (χ3v) is 4.64. The molecule has 2 nitrogen and oxygen atoms in total. The van der Waals surface area contributed by atoms with Gasteiger partial charge in [0.25, 0.3) is 0 Å². The van der Waals surface area contributed by atoms with E-state index in [1.807, 2.05) is 26.0 Å². The lowest BCUT2D eigenvalue weighted by atomic mass is 9.70. The smallest absolute Gasteiger partial charge is 0.138 e. The van der Waals surface area contributed by atoms with Crippen molar-refractivity contribution >= 4 is 17.3 Å². The lowest BCUT2D eigenvalue weighted by Gasteiger charge is -2.40. The molecule has 1 saturated carbocycles. The molecular weight excluding hydrogens is 282 g/mol. The molecule has 1 N–H and O–H groups in total. The highest BCUT2D eigenvalue weighted by Crippen LogP contribution is 2.40. The highest BCUT2D eigenvalue weighted by atomic mass is 35.5. The second-order valence-electron chi connectivity index (χ2n) is 7.45. The quantitative estimate of drug-likeness (QED) is 0.764. The average Bonchev–Trinajstić information content (AvgIpc) is 2.35. The second kappa shape index (κ2) is 6.48. The van der Waals surface area contributed by atoms with E-state index in [2.05, 4.69) is 32.2 Å². The molecule has 0 aliphatic heterocycles. The van der Waals surface area contributed by atoms with Gasteiger partial charge in [-0.1, -0.05) is 32.4 Å². The molecule has 0 amide bonds. The number of nitrogens with one attached hydrogen (secondary N) is 1. The third-order valence-electron chi connectivity index (χ3n) is 4.34. The number of benzene rings is 1. The van der Waals surface area contributed by atoms with Gasteiger partial charge in [0.1, 0.15) is 5.75 Å². The number of hydrogen-bond donors (Lipinski definition) is 1. The molecule has 1 fully saturated rings. The van der Waals surface area contributed by atoms with Crippen LogP contribution < -0.4 is 10.1 Å². The maximum atomic E-state index is 6.31. The molecule has 1 aliphatic carbocycles. The lowest BCUT2D eigenvalue weighted by molar-refractivity contribution is 0.177. The van der Waals surface area contributed by atoms with Crippen LogP contribution in [0.15, 0.2) is 18.2 Å². The van der Waals surface area contributed by atoms with E-state index in [1.165, 1.54) is 19.3 Å². The Labute approximate surface area is 134 Å². The van der Waals surface area contributed by atoms with Crippen LogP contribution in [0.4, 0.5) is 5.69 Å². The second-order valence-corrected chi connectivity index (χ2v) is 7.85. The van der Waals surface area contributed by atoms with Gasteiger partial charge in [0.05, 0.1) is 11.1 Å². The fourth-order valence-corrected chi connectivity index (χ4v) is 3.54. The summed E-state index contributed by atoms with van der Waals surface area (Å²) in [5.41, 5.74) is 1.57. The molecule has 0 aromatic heterocycles. The summed E-state index contributed by atoms with van der Waals surface area (Å²) in [5.74, 6) is 1.44. The molecule has 21 heavy (non-hydrogen) atoms. The highest BCUT2D eigenvalue weighted by molar-refractivity contribution is 6.32. The van der Waals surface area contributed by atoms with E-state index in [1.54, 1.807) is 0 Å². The summed E-state index contributed by atoms with van der Waals surface area (Å²) in [6.07, 6.45) is 3.90. The standard InChI is InChI=1S/C18H28ClNO/c1-12(2)21-17-7-6-14(10-15(17)19)20-16-8-9-18(4,5)11-13(16)3/h6-7,10,12-13,16,20H,8-9,11H2,1-5H3. The summed E-state index contributed by atoms with van der Waals surface area (Å²) >= 11 is 6.31. The zero-order chi connectivity index (χ0) is 15.6. The molecule has 1 aromatic carbocycles. The minimum absolute atomic E-state index is 0.141. The molecule has 1 aliphatic rings. The largest absolute Gasteiger partial charge is 0.489 e. The van der Waals surface area contributed by atoms with E-state index in [4.69, 9.17) is 16.3 Å². The molecule has 0 heterocycles. The zero-order valence-corrected chi connectivity index (χ0v) is 14.6. The van der Waals surface area contributed by atoms with Crippen LogP contribution in [0.3, 0.4) is 0 Å². The van der Waals surface area contributed by atoms with E-state index >= 15 is 0 Å². The maximum absolute atomic E-state index is 6.31. The van der Waals surface area contributed by atoms with E-state index < -0.39 is 0 Å². The molecule has 118 valence electrons. The predicted molar refractivity (Wildman–Crippen MR) is 91.4 cm³/mol. The number of anilines is 1. The number of rotatable bonds is 4. The van der Waals surface area contributed by atoms with Crippen molar-refractivity contribution < 1.29 is 4.74 Å². The first-order valence-electron chi connectivity index (χ1n) is 7.99. The van der Waals surface area contributed by atoms with Crippen molar-refractivity contribution in [1.29, 1.82) is 0 Å². The van der Waals surface area contributed by atoms with Crippen molar-refractivity contribution in [2.45, 2.75) is 66.0 Å². The molecule has 2 unspecified atom stereocenters. The van der Waals surface area contributed by atoms with Crippen molar-refractivity contribution in [1.82, 2.24) is 0 Å². The number of ether oxygens (including phenoxy) is 1. The van der Waals surface area contributed by atoms with Crippen LogP contribution in [0, 0.1) is 11.3 Å². The highest BCUT2D eigenvalue weighted by Gasteiger charge is 2.32. The molecule has 0 radical (unpaired) electrons. The normalized spacial score (nSPS) is 24.9. The minimum Gasteiger partial charge on any atom is -0.489 e. The molecule has 1 aromatic rings. The zero-order valence-electron chi connectivity index (χ0n) is 13.9. The summed E-state index contributed by atoms with van der Waals surface area (Å²) in [4.78, 5) is 0. The predicted octanol–water partition coefficient (Wildman–Crippen LogP) is 5.75. The van der Waals surface area contributed by atoms with Crippen molar-refractivity contribution in [3.05, 3.63) is 23.2 Å². The van der Waals surface area contributed by atoms with E-state index in [0.29, 0.717) is 22.4 Å². The van der Waals surface area contributed by atoms with E-state index in [0.717, 1.165) is 11.4 Å². The SMILES string of the molecule is CC(C)Oc1ccc(NC2CCC(C)(C)CC2C)cc1Cl. The summed E-state index contributed by atoms with van der Waals surface area (Å²) in [6.45, 7) is 11.1. The molecule has 3 heteroatoms. The number of hydrogen-bond acceptors (Lipinski definition) is 2. The molecule has 0 saturated heterocycles. The van der Waals surface area contributed by atoms with Crippen LogP contribution in [0.1, 0.15) is 53.9 Å². The van der Waals surface area contributed by atoms with Crippen molar-refractivity contribution in [3.8, 4) is 5.75 Å².